The lowest BCUT2D eigenvalue weighted by molar-refractivity contribution is -0.233. The Morgan fingerprint density at radius 1 is 0.481 bits per heavy atom. The van der Waals surface area contributed by atoms with Gasteiger partial charge in [0.25, 0.3) is 0 Å². The summed E-state index contributed by atoms with van der Waals surface area (Å²) in [7, 11) is 1.67. The Labute approximate surface area is 463 Å². The van der Waals surface area contributed by atoms with Gasteiger partial charge in [0.1, 0.15) is 39.8 Å². The molecule has 0 aliphatic carbocycles. The third-order valence-electron chi connectivity index (χ3n) is 18.3. The zero-order valence-corrected chi connectivity index (χ0v) is 50.0. The Hall–Kier alpha value is -2.92. The topological polar surface area (TPSA) is 161 Å². The monoisotopic (exact) mass is 1080 g/mol. The van der Waals surface area contributed by atoms with Crippen molar-refractivity contribution in [1.29, 1.82) is 0 Å². The molecule has 0 radical (unpaired) electrons. The van der Waals surface area contributed by atoms with Gasteiger partial charge < -0.3 is 47.4 Å². The van der Waals surface area contributed by atoms with Crippen molar-refractivity contribution in [1.82, 2.24) is 0 Å². The van der Waals surface area contributed by atoms with Crippen LogP contribution in [0.25, 0.3) is 0 Å². The maximum Gasteiger partial charge on any atom is 0.312 e. The van der Waals surface area contributed by atoms with Gasteiger partial charge in [-0.15, -0.1) is 0 Å². The van der Waals surface area contributed by atoms with E-state index in [1.54, 1.807) is 27.9 Å². The van der Waals surface area contributed by atoms with Crippen LogP contribution in [0.1, 0.15) is 174 Å². The van der Waals surface area contributed by atoms with Crippen LogP contribution in [0.3, 0.4) is 0 Å². The molecule has 438 valence electrons. The third kappa shape index (κ3) is 15.6. The van der Waals surface area contributed by atoms with Crippen LogP contribution < -0.4 is 0 Å². The van der Waals surface area contributed by atoms with E-state index in [1.807, 2.05) is 58.1 Å². The second-order valence-corrected chi connectivity index (χ2v) is 23.2. The molecule has 0 amide bonds. The Bertz CT molecular complexity index is 1990. The summed E-state index contributed by atoms with van der Waals surface area (Å²) in [5.41, 5.74) is -1.75. The summed E-state index contributed by atoms with van der Waals surface area (Å²) in [6.07, 6.45) is 27.0. The molecule has 77 heavy (non-hydrogen) atoms. The molecule has 8 aliphatic heterocycles. The highest BCUT2D eigenvalue weighted by Crippen LogP contribution is 2.49. The average Bonchev–Trinajstić information content (AvgIpc) is 4.37. The maximum atomic E-state index is 12.8. The van der Waals surface area contributed by atoms with Gasteiger partial charge in [-0.05, 0) is 98.0 Å². The lowest BCUT2D eigenvalue weighted by Crippen LogP contribution is -2.45. The van der Waals surface area contributed by atoms with Gasteiger partial charge >= 0.3 is 5.97 Å². The van der Waals surface area contributed by atoms with Gasteiger partial charge in [-0.1, -0.05) is 136 Å². The first-order valence-corrected chi connectivity index (χ1v) is 29.9. The molecule has 14 nitrogen and oxygen atoms in total. The molecule has 0 N–H and O–H groups in total. The highest BCUT2D eigenvalue weighted by molar-refractivity contribution is 5.81. The number of ketones is 3. The minimum Gasteiger partial charge on any atom is -0.465 e. The minimum absolute atomic E-state index is 0.00750. The molecular weight excluding hydrogens is 981 g/mol. The van der Waals surface area contributed by atoms with Crippen molar-refractivity contribution in [3.05, 3.63) is 48.6 Å². The van der Waals surface area contributed by atoms with Crippen LogP contribution in [0, 0.1) is 41.4 Å². The molecule has 0 saturated carbocycles. The van der Waals surface area contributed by atoms with E-state index >= 15 is 0 Å². The van der Waals surface area contributed by atoms with E-state index in [2.05, 4.69) is 66.7 Å². The van der Waals surface area contributed by atoms with E-state index in [4.69, 9.17) is 47.4 Å². The van der Waals surface area contributed by atoms with Crippen LogP contribution in [0.2, 0.25) is 0 Å². The number of unbranched alkanes of at least 4 members (excludes halogenated alkanes) is 1. The lowest BCUT2D eigenvalue weighted by Gasteiger charge is -2.34. The van der Waals surface area contributed by atoms with E-state index in [1.165, 1.54) is 0 Å². The molecule has 8 rings (SSSR count). The molecule has 0 aromatic heterocycles. The predicted octanol–water partition coefficient (Wildman–Crippen LogP) is 11.4. The molecule has 0 aromatic rings. The molecule has 4 saturated heterocycles. The fourth-order valence-electron chi connectivity index (χ4n) is 12.1. The smallest absolute Gasteiger partial charge is 0.312 e. The van der Waals surface area contributed by atoms with Gasteiger partial charge in [0, 0.05) is 26.7 Å². The van der Waals surface area contributed by atoms with Crippen LogP contribution in [-0.4, -0.2) is 135 Å². The van der Waals surface area contributed by atoms with Crippen LogP contribution >= 0.6 is 0 Å². The van der Waals surface area contributed by atoms with Crippen molar-refractivity contribution in [3.63, 3.8) is 0 Å². The number of esters is 1. The molecule has 8 aliphatic rings. The fraction of sp³-hybridized carbons (Fsp3) is 0.810. The van der Waals surface area contributed by atoms with E-state index in [0.29, 0.717) is 50.6 Å². The summed E-state index contributed by atoms with van der Waals surface area (Å²) in [6.45, 7) is 31.4. The standard InChI is InChI=1S/C26H46O5.C14H22O3.C12H18O3.C11H16O3/c1-7-19(8-2)16-28-24(27)22-15-26(14-13-23(22)31-26)25(29-17-20(9-3)10-4)30-18-21(11-5)12-6;1-4-5-8-16-11(3)14-7-6-13(17-14)12(9-14)10(2)15;1-4-14-9(3)12-6-5-11(15-12)10(7-12)8(2)13;1-7(12)9-6-11(8(2)13-3)5-4-10(9)14-11/h13-14,19-23,25H,7-12,15-18H2,1-6H3;6-7,11-13H,4-5,8-9H2,1-3H3;5-6,9-11H,4,7H2,1-3H3;4-5,8-10H,6H2,1-3H3. The zero-order valence-electron chi connectivity index (χ0n) is 50.0. The van der Waals surface area contributed by atoms with Gasteiger partial charge in [0.05, 0.1) is 86.2 Å². The van der Waals surface area contributed by atoms with Gasteiger partial charge in [-0.25, -0.2) is 0 Å². The zero-order chi connectivity index (χ0) is 56.7. The fourth-order valence-corrected chi connectivity index (χ4v) is 12.1. The second-order valence-electron chi connectivity index (χ2n) is 23.2. The highest BCUT2D eigenvalue weighted by atomic mass is 16.7. The number of hydrogen-bond acceptors (Lipinski definition) is 14. The van der Waals surface area contributed by atoms with Gasteiger partial charge in [-0.3, -0.25) is 19.2 Å². The normalized spacial score (nSPS) is 33.4. The van der Waals surface area contributed by atoms with Crippen molar-refractivity contribution in [2.75, 3.05) is 40.1 Å². The molecule has 0 aromatic carbocycles. The van der Waals surface area contributed by atoms with E-state index < -0.39 is 11.9 Å². The Morgan fingerprint density at radius 3 is 1.19 bits per heavy atom. The first-order valence-electron chi connectivity index (χ1n) is 29.9. The number of carbonyl (C=O) groups is 4. The van der Waals surface area contributed by atoms with Crippen molar-refractivity contribution in [2.45, 2.75) is 245 Å². The van der Waals surface area contributed by atoms with Gasteiger partial charge in [0.15, 0.2) is 6.29 Å². The molecule has 4 fully saturated rings. The maximum absolute atomic E-state index is 12.8. The highest BCUT2D eigenvalue weighted by Gasteiger charge is 2.58. The summed E-state index contributed by atoms with van der Waals surface area (Å²) in [5.74, 6) is 1.72. The SMILES string of the molecule is CCC(CC)COC(=O)C1CC2(C(OCC(CC)CC)OCC(CC)CC)C=CC1O2.CCCCOC(C)C12C=CC(O1)C(C(C)=O)C2.CCOC(C)C12C=CC(O1)C(C(C)=O)C2.COC(C)C12C=CC(O1)C(C(C)=O)C2. The number of rotatable bonds is 29. The lowest BCUT2D eigenvalue weighted by atomic mass is 9.82. The van der Waals surface area contributed by atoms with E-state index in [-0.39, 0.29) is 107 Å². The largest absolute Gasteiger partial charge is 0.465 e. The molecule has 0 spiro atoms. The summed E-state index contributed by atoms with van der Waals surface area (Å²) >= 11 is 0. The summed E-state index contributed by atoms with van der Waals surface area (Å²) in [4.78, 5) is 47.1. The number of methoxy groups -OCH3 is 1. The van der Waals surface area contributed by atoms with Gasteiger partial charge in [0.2, 0.25) is 0 Å². The first-order chi connectivity index (χ1) is 36.7. The molecule has 15 unspecified atom stereocenters. The van der Waals surface area contributed by atoms with Crippen molar-refractivity contribution in [3.8, 4) is 0 Å². The second kappa shape index (κ2) is 29.7. The quantitative estimate of drug-likeness (QED) is 0.0301. The van der Waals surface area contributed by atoms with Crippen molar-refractivity contribution >= 4 is 23.3 Å². The number of ether oxygens (including phenoxy) is 10. The predicted molar refractivity (Wildman–Crippen MR) is 298 cm³/mol. The number of carbonyl (C=O) groups excluding carboxylic acids is 4. The van der Waals surface area contributed by atoms with Crippen molar-refractivity contribution in [2.24, 2.45) is 41.4 Å². The number of Topliss-reactive ketones (excluding diaryl/α,β-unsaturated/α-hetero) is 3. The van der Waals surface area contributed by atoms with Crippen LogP contribution in [0.4, 0.5) is 0 Å². The first kappa shape index (κ1) is 64.9. The third-order valence-corrected chi connectivity index (χ3v) is 18.3. The Kier molecular flexibility index (Phi) is 25.0. The van der Waals surface area contributed by atoms with E-state index in [0.717, 1.165) is 77.2 Å². The van der Waals surface area contributed by atoms with Crippen LogP contribution in [0.5, 0.6) is 0 Å². The Morgan fingerprint density at radius 2 is 0.831 bits per heavy atom. The average molecular weight is 1080 g/mol. The van der Waals surface area contributed by atoms with Crippen LogP contribution in [0.15, 0.2) is 48.6 Å². The molecular formula is C63H102O14. The molecule has 14 heteroatoms. The molecule has 8 heterocycles. The number of fused-ring (bicyclic) bond motifs is 8. The summed E-state index contributed by atoms with van der Waals surface area (Å²) in [5, 5.41) is 0. The van der Waals surface area contributed by atoms with Crippen molar-refractivity contribution < 1.29 is 66.5 Å². The molecule has 15 atom stereocenters. The summed E-state index contributed by atoms with van der Waals surface area (Å²) in [6, 6.07) is 0. The van der Waals surface area contributed by atoms with E-state index in [9.17, 15) is 19.2 Å². The van der Waals surface area contributed by atoms with Gasteiger partial charge in [-0.2, -0.15) is 0 Å². The van der Waals surface area contributed by atoms with Crippen LogP contribution in [-0.2, 0) is 66.5 Å². The summed E-state index contributed by atoms with van der Waals surface area (Å²) < 4.78 is 59.1. The number of hydrogen-bond donors (Lipinski definition) is 0. The molecule has 8 bridgehead atoms. The Balaban J connectivity index is 0.000000201. The minimum atomic E-state index is -0.693.